The van der Waals surface area contributed by atoms with E-state index in [-0.39, 0.29) is 34.6 Å². The quantitative estimate of drug-likeness (QED) is 0.326. The lowest BCUT2D eigenvalue weighted by molar-refractivity contribution is 0.371. The summed E-state index contributed by atoms with van der Waals surface area (Å²) in [5.41, 5.74) is 3.98. The van der Waals surface area contributed by atoms with Crippen LogP contribution in [0.1, 0.15) is 16.7 Å². The van der Waals surface area contributed by atoms with Crippen LogP contribution >= 0.6 is 11.6 Å². The predicted octanol–water partition coefficient (Wildman–Crippen LogP) is 3.21. The largest absolute Gasteiger partial charge is 0.504 e. The molecule has 0 unspecified atom stereocenters. The number of H-pyrrole nitrogens is 1. The highest BCUT2D eigenvalue weighted by atomic mass is 35.5. The number of hydrogen-bond acceptors (Lipinski definition) is 7. The average molecular weight is 410 g/mol. The molecule has 0 saturated heterocycles. The van der Waals surface area contributed by atoms with Crippen LogP contribution in [0.2, 0.25) is 0 Å². The van der Waals surface area contributed by atoms with Crippen LogP contribution in [-0.2, 0) is 5.88 Å². The van der Waals surface area contributed by atoms with Crippen molar-refractivity contribution in [3.05, 3.63) is 69.5 Å². The number of nitriles is 1. The molecule has 0 aliphatic heterocycles. The van der Waals surface area contributed by atoms with Crippen molar-refractivity contribution < 1.29 is 9.84 Å². The molecule has 0 amide bonds. The summed E-state index contributed by atoms with van der Waals surface area (Å²) in [5.74, 6) is 0.411. The number of ether oxygens (including phenoxy) is 1. The predicted molar refractivity (Wildman–Crippen MR) is 110 cm³/mol. The summed E-state index contributed by atoms with van der Waals surface area (Å²) in [4.78, 5) is 19.0. The Balaban J connectivity index is 1.91. The fourth-order valence-corrected chi connectivity index (χ4v) is 2.83. The highest BCUT2D eigenvalue weighted by molar-refractivity contribution is 6.17. The number of anilines is 1. The Bertz CT molecular complexity index is 1130. The van der Waals surface area contributed by atoms with E-state index in [1.54, 1.807) is 36.4 Å². The van der Waals surface area contributed by atoms with Crippen LogP contribution in [0.4, 0.5) is 5.95 Å². The molecule has 8 nitrogen and oxygen atoms in total. The first kappa shape index (κ1) is 19.9. The lowest BCUT2D eigenvalue weighted by Gasteiger charge is -2.08. The fraction of sp³-hybridized carbons (Fsp3) is 0.100. The summed E-state index contributed by atoms with van der Waals surface area (Å²) in [6, 6.07) is 14.0. The average Bonchev–Trinajstić information content (AvgIpc) is 2.75. The Morgan fingerprint density at radius 2 is 2.14 bits per heavy atom. The van der Waals surface area contributed by atoms with Crippen LogP contribution in [0.15, 0.2) is 52.4 Å². The second-order valence-electron chi connectivity index (χ2n) is 5.85. The van der Waals surface area contributed by atoms with E-state index in [0.29, 0.717) is 16.7 Å². The second-order valence-corrected chi connectivity index (χ2v) is 6.12. The third-order valence-corrected chi connectivity index (χ3v) is 4.29. The molecule has 9 heteroatoms. The normalized spacial score (nSPS) is 10.7. The van der Waals surface area contributed by atoms with Gasteiger partial charge in [-0.05, 0) is 17.7 Å². The highest BCUT2D eigenvalue weighted by Crippen LogP contribution is 2.32. The Kier molecular flexibility index (Phi) is 6.12. The second kappa shape index (κ2) is 8.91. The topological polar surface area (TPSA) is 123 Å². The zero-order valence-corrected chi connectivity index (χ0v) is 16.1. The maximum absolute atomic E-state index is 12.2. The van der Waals surface area contributed by atoms with E-state index in [1.807, 2.05) is 12.1 Å². The Morgan fingerprint density at radius 3 is 2.79 bits per heavy atom. The summed E-state index contributed by atoms with van der Waals surface area (Å²) in [6.45, 7) is 0. The smallest absolute Gasteiger partial charge is 0.270 e. The molecule has 0 aliphatic rings. The molecule has 0 saturated carbocycles. The number of phenols is 1. The van der Waals surface area contributed by atoms with Crippen LogP contribution in [-0.4, -0.2) is 28.4 Å². The lowest BCUT2D eigenvalue weighted by Crippen LogP contribution is -2.16. The van der Waals surface area contributed by atoms with E-state index < -0.39 is 5.56 Å². The molecule has 146 valence electrons. The van der Waals surface area contributed by atoms with Crippen LogP contribution in [0.5, 0.6) is 11.5 Å². The molecule has 1 heterocycles. The van der Waals surface area contributed by atoms with Gasteiger partial charge in [-0.3, -0.25) is 9.78 Å². The van der Waals surface area contributed by atoms with Crippen molar-refractivity contribution in [3.8, 4) is 28.8 Å². The maximum atomic E-state index is 12.2. The molecule has 0 spiro atoms. The zero-order chi connectivity index (χ0) is 20.8. The molecule has 2 aromatic carbocycles. The maximum Gasteiger partial charge on any atom is 0.270 e. The minimum Gasteiger partial charge on any atom is -0.504 e. The van der Waals surface area contributed by atoms with Gasteiger partial charge in [0.1, 0.15) is 11.6 Å². The van der Waals surface area contributed by atoms with Crippen LogP contribution in [0.25, 0.3) is 11.3 Å². The third kappa shape index (κ3) is 4.36. The van der Waals surface area contributed by atoms with Crippen molar-refractivity contribution in [2.45, 2.75) is 5.88 Å². The van der Waals surface area contributed by atoms with E-state index in [4.69, 9.17) is 16.3 Å². The number of nitrogens with one attached hydrogen (secondary N) is 2. The van der Waals surface area contributed by atoms with E-state index in [9.17, 15) is 15.2 Å². The van der Waals surface area contributed by atoms with Gasteiger partial charge in [0.25, 0.3) is 5.56 Å². The number of aromatic amines is 1. The first-order valence-electron chi connectivity index (χ1n) is 8.42. The fourth-order valence-electron chi connectivity index (χ4n) is 2.62. The van der Waals surface area contributed by atoms with Gasteiger partial charge in [-0.15, -0.1) is 11.6 Å². The first-order chi connectivity index (χ1) is 14.1. The van der Waals surface area contributed by atoms with Crippen molar-refractivity contribution in [2.75, 3.05) is 12.5 Å². The Morgan fingerprint density at radius 1 is 1.38 bits per heavy atom. The number of halogens is 1. The number of hydrazone groups is 1. The number of phenolic OH excluding ortho intramolecular Hbond substituents is 1. The van der Waals surface area contributed by atoms with Crippen molar-refractivity contribution >= 4 is 23.8 Å². The molecule has 0 atom stereocenters. The van der Waals surface area contributed by atoms with E-state index in [1.165, 1.54) is 13.3 Å². The van der Waals surface area contributed by atoms with Gasteiger partial charge in [0.15, 0.2) is 11.5 Å². The standard InChI is InChI=1S/C20H16ClN5O3/c1-29-16-8-12(7-14(9-21)18(16)27)11-23-26-20-24-17(13-5-3-2-4-6-13)15(10-22)19(28)25-20/h2-8,11,27H,9H2,1H3,(H2,24,25,26,28). The van der Waals surface area contributed by atoms with E-state index >= 15 is 0 Å². The molecule has 0 aliphatic carbocycles. The van der Waals surface area contributed by atoms with Gasteiger partial charge in [-0.2, -0.15) is 10.4 Å². The van der Waals surface area contributed by atoms with Gasteiger partial charge in [0, 0.05) is 11.1 Å². The molecular weight excluding hydrogens is 394 g/mol. The number of alkyl halides is 1. The van der Waals surface area contributed by atoms with Gasteiger partial charge < -0.3 is 9.84 Å². The molecular formula is C20H16ClN5O3. The summed E-state index contributed by atoms with van der Waals surface area (Å²) in [5, 5.41) is 23.3. The van der Waals surface area contributed by atoms with Gasteiger partial charge in [-0.25, -0.2) is 10.4 Å². The van der Waals surface area contributed by atoms with Crippen molar-refractivity contribution in [3.63, 3.8) is 0 Å². The first-order valence-corrected chi connectivity index (χ1v) is 8.95. The molecule has 29 heavy (non-hydrogen) atoms. The molecule has 1 aromatic heterocycles. The molecule has 0 bridgehead atoms. The Labute approximate surface area is 171 Å². The molecule has 3 aromatic rings. The van der Waals surface area contributed by atoms with Gasteiger partial charge in [-0.1, -0.05) is 30.3 Å². The van der Waals surface area contributed by atoms with Gasteiger partial charge in [0.05, 0.1) is 24.9 Å². The monoisotopic (exact) mass is 409 g/mol. The van der Waals surface area contributed by atoms with Gasteiger partial charge >= 0.3 is 0 Å². The minimum atomic E-state index is -0.574. The van der Waals surface area contributed by atoms with Crippen molar-refractivity contribution in [1.82, 2.24) is 9.97 Å². The number of methoxy groups -OCH3 is 1. The number of benzene rings is 2. The van der Waals surface area contributed by atoms with Crippen LogP contribution < -0.4 is 15.7 Å². The highest BCUT2D eigenvalue weighted by Gasteiger charge is 2.13. The van der Waals surface area contributed by atoms with Crippen LogP contribution in [0.3, 0.4) is 0 Å². The summed E-state index contributed by atoms with van der Waals surface area (Å²) < 4.78 is 5.12. The number of aromatic nitrogens is 2. The lowest BCUT2D eigenvalue weighted by atomic mass is 10.1. The number of nitrogens with zero attached hydrogens (tertiary/aromatic N) is 3. The van der Waals surface area contributed by atoms with Crippen LogP contribution in [0, 0.1) is 11.3 Å². The Hall–Kier alpha value is -3.83. The number of hydrogen-bond donors (Lipinski definition) is 3. The number of aromatic hydroxyl groups is 1. The molecule has 3 rings (SSSR count). The van der Waals surface area contributed by atoms with E-state index in [0.717, 1.165) is 0 Å². The summed E-state index contributed by atoms with van der Waals surface area (Å²) >= 11 is 5.83. The third-order valence-electron chi connectivity index (χ3n) is 4.00. The SMILES string of the molecule is COc1cc(C=NNc2nc(-c3ccccc3)c(C#N)c(=O)[nH]2)cc(CCl)c1O. The summed E-state index contributed by atoms with van der Waals surface area (Å²) in [6.07, 6.45) is 1.46. The zero-order valence-electron chi connectivity index (χ0n) is 15.3. The van der Waals surface area contributed by atoms with Crippen molar-refractivity contribution in [1.29, 1.82) is 5.26 Å². The molecule has 3 N–H and O–H groups in total. The van der Waals surface area contributed by atoms with Gasteiger partial charge in [0.2, 0.25) is 5.95 Å². The van der Waals surface area contributed by atoms with E-state index in [2.05, 4.69) is 20.5 Å². The minimum absolute atomic E-state index is 0.0294. The molecule has 0 fully saturated rings. The molecule has 0 radical (unpaired) electrons. The number of rotatable bonds is 6. The van der Waals surface area contributed by atoms with Crippen molar-refractivity contribution in [2.24, 2.45) is 5.10 Å². The summed E-state index contributed by atoms with van der Waals surface area (Å²) in [7, 11) is 1.43.